The Kier molecular flexibility index (Phi) is 3.45. The number of hydrogen-bond acceptors (Lipinski definition) is 4. The van der Waals surface area contributed by atoms with E-state index in [4.69, 9.17) is 0 Å². The molecule has 0 radical (unpaired) electrons. The van der Waals surface area contributed by atoms with Gasteiger partial charge in [-0.2, -0.15) is 5.10 Å². The molecule has 1 aromatic rings. The number of methoxy groups -OCH3 is 1. The second kappa shape index (κ2) is 4.61. The third-order valence-corrected chi connectivity index (χ3v) is 1.73. The highest BCUT2D eigenvalue weighted by Crippen LogP contribution is 1.94. The van der Waals surface area contributed by atoms with Gasteiger partial charge >= 0.3 is 5.97 Å². The standard InChI is InChI=1S/C8H13N3O2/c1-11-7(3-4-10-11)5-9-6-8(12)13-2/h3-4,9H,5-6H2,1-2H3. The minimum absolute atomic E-state index is 0.224. The van der Waals surface area contributed by atoms with Crippen molar-refractivity contribution in [1.29, 1.82) is 0 Å². The van der Waals surface area contributed by atoms with E-state index in [0.29, 0.717) is 6.54 Å². The van der Waals surface area contributed by atoms with E-state index in [9.17, 15) is 4.79 Å². The van der Waals surface area contributed by atoms with E-state index < -0.39 is 0 Å². The first-order chi connectivity index (χ1) is 6.24. The molecule has 0 spiro atoms. The molecule has 1 heterocycles. The first kappa shape index (κ1) is 9.73. The monoisotopic (exact) mass is 183 g/mol. The smallest absolute Gasteiger partial charge is 0.319 e. The minimum atomic E-state index is -0.262. The van der Waals surface area contributed by atoms with Crippen molar-refractivity contribution in [1.82, 2.24) is 15.1 Å². The van der Waals surface area contributed by atoms with Gasteiger partial charge < -0.3 is 10.1 Å². The molecule has 0 aromatic carbocycles. The van der Waals surface area contributed by atoms with Gasteiger partial charge in [-0.05, 0) is 6.07 Å². The second-order valence-corrected chi connectivity index (χ2v) is 2.63. The molecule has 0 bridgehead atoms. The third kappa shape index (κ3) is 2.87. The van der Waals surface area contributed by atoms with Crippen molar-refractivity contribution in [3.63, 3.8) is 0 Å². The van der Waals surface area contributed by atoms with Crippen molar-refractivity contribution >= 4 is 5.97 Å². The van der Waals surface area contributed by atoms with Gasteiger partial charge in [0, 0.05) is 19.8 Å². The van der Waals surface area contributed by atoms with Crippen LogP contribution in [0.5, 0.6) is 0 Å². The fourth-order valence-electron chi connectivity index (χ4n) is 0.940. The molecule has 5 heteroatoms. The maximum atomic E-state index is 10.7. The lowest BCUT2D eigenvalue weighted by Crippen LogP contribution is -2.24. The SMILES string of the molecule is COC(=O)CNCc1ccnn1C. The summed E-state index contributed by atoms with van der Waals surface area (Å²) in [6.45, 7) is 0.841. The molecule has 0 aliphatic heterocycles. The Hall–Kier alpha value is -1.36. The molecule has 0 aliphatic carbocycles. The highest BCUT2D eigenvalue weighted by molar-refractivity contribution is 5.71. The van der Waals surface area contributed by atoms with Gasteiger partial charge in [0.1, 0.15) is 0 Å². The number of rotatable bonds is 4. The number of carbonyl (C=O) groups is 1. The summed E-state index contributed by atoms with van der Waals surface area (Å²) in [6.07, 6.45) is 1.72. The Morgan fingerprint density at radius 2 is 2.54 bits per heavy atom. The molecule has 0 saturated carbocycles. The summed E-state index contributed by atoms with van der Waals surface area (Å²) in [5.41, 5.74) is 1.03. The topological polar surface area (TPSA) is 56.1 Å². The van der Waals surface area contributed by atoms with E-state index in [-0.39, 0.29) is 12.5 Å². The lowest BCUT2D eigenvalue weighted by atomic mass is 10.4. The Balaban J connectivity index is 2.28. The summed E-state index contributed by atoms with van der Waals surface area (Å²) in [5, 5.41) is 6.94. The third-order valence-electron chi connectivity index (χ3n) is 1.73. The number of aryl methyl sites for hydroxylation is 1. The van der Waals surface area contributed by atoms with Crippen LogP contribution < -0.4 is 5.32 Å². The number of carbonyl (C=O) groups excluding carboxylic acids is 1. The maximum Gasteiger partial charge on any atom is 0.319 e. The van der Waals surface area contributed by atoms with Crippen LogP contribution in [-0.4, -0.2) is 29.4 Å². The van der Waals surface area contributed by atoms with Gasteiger partial charge in [-0.3, -0.25) is 9.48 Å². The van der Waals surface area contributed by atoms with Crippen molar-refractivity contribution in [3.05, 3.63) is 18.0 Å². The zero-order valence-corrected chi connectivity index (χ0v) is 7.78. The summed E-state index contributed by atoms with van der Waals surface area (Å²) in [6, 6.07) is 1.89. The molecule has 0 aliphatic rings. The zero-order chi connectivity index (χ0) is 9.68. The Morgan fingerprint density at radius 1 is 1.77 bits per heavy atom. The summed E-state index contributed by atoms with van der Waals surface area (Å²) in [7, 11) is 3.23. The number of aromatic nitrogens is 2. The molecule has 1 rings (SSSR count). The van der Waals surface area contributed by atoms with Crippen LogP contribution in [0.25, 0.3) is 0 Å². The minimum Gasteiger partial charge on any atom is -0.468 e. The molecule has 13 heavy (non-hydrogen) atoms. The number of nitrogens with one attached hydrogen (secondary N) is 1. The average molecular weight is 183 g/mol. The zero-order valence-electron chi connectivity index (χ0n) is 7.78. The van der Waals surface area contributed by atoms with Gasteiger partial charge in [-0.15, -0.1) is 0 Å². The molecule has 0 atom stereocenters. The molecular weight excluding hydrogens is 170 g/mol. The largest absolute Gasteiger partial charge is 0.468 e. The van der Waals surface area contributed by atoms with Crippen LogP contribution in [0.1, 0.15) is 5.69 Å². The Labute approximate surface area is 76.7 Å². The summed E-state index contributed by atoms with van der Waals surface area (Å²) in [4.78, 5) is 10.7. The van der Waals surface area contributed by atoms with Crippen LogP contribution in [0.15, 0.2) is 12.3 Å². The van der Waals surface area contributed by atoms with Gasteiger partial charge in [0.2, 0.25) is 0 Å². The molecule has 5 nitrogen and oxygen atoms in total. The van der Waals surface area contributed by atoms with Crippen molar-refractivity contribution in [2.75, 3.05) is 13.7 Å². The first-order valence-corrected chi connectivity index (χ1v) is 3.98. The lowest BCUT2D eigenvalue weighted by molar-refractivity contribution is -0.139. The quantitative estimate of drug-likeness (QED) is 0.650. The van der Waals surface area contributed by atoms with Crippen LogP contribution in [0.2, 0.25) is 0 Å². The molecule has 0 amide bonds. The highest BCUT2D eigenvalue weighted by Gasteiger charge is 2.00. The van der Waals surface area contributed by atoms with Crippen molar-refractivity contribution in [2.24, 2.45) is 7.05 Å². The molecule has 1 aromatic heterocycles. The van der Waals surface area contributed by atoms with Crippen molar-refractivity contribution in [3.8, 4) is 0 Å². The van der Waals surface area contributed by atoms with E-state index in [1.807, 2.05) is 13.1 Å². The van der Waals surface area contributed by atoms with Gasteiger partial charge in [0.15, 0.2) is 0 Å². The van der Waals surface area contributed by atoms with E-state index in [0.717, 1.165) is 5.69 Å². The van der Waals surface area contributed by atoms with E-state index in [2.05, 4.69) is 15.2 Å². The van der Waals surface area contributed by atoms with Crippen LogP contribution in [0.4, 0.5) is 0 Å². The number of esters is 1. The van der Waals surface area contributed by atoms with E-state index in [1.165, 1.54) is 7.11 Å². The predicted molar refractivity (Wildman–Crippen MR) is 46.9 cm³/mol. The number of hydrogen-bond donors (Lipinski definition) is 1. The molecule has 72 valence electrons. The van der Waals surface area contributed by atoms with Gasteiger partial charge in [0.05, 0.1) is 19.3 Å². The molecule has 0 fully saturated rings. The fourth-order valence-corrected chi connectivity index (χ4v) is 0.940. The average Bonchev–Trinajstić information content (AvgIpc) is 2.52. The van der Waals surface area contributed by atoms with E-state index in [1.54, 1.807) is 10.9 Å². The van der Waals surface area contributed by atoms with Gasteiger partial charge in [0.25, 0.3) is 0 Å². The van der Waals surface area contributed by atoms with Crippen LogP contribution in [0, 0.1) is 0 Å². The summed E-state index contributed by atoms with van der Waals surface area (Å²) >= 11 is 0. The maximum absolute atomic E-state index is 10.7. The first-order valence-electron chi connectivity index (χ1n) is 3.98. The highest BCUT2D eigenvalue weighted by atomic mass is 16.5. The number of ether oxygens (including phenoxy) is 1. The van der Waals surface area contributed by atoms with Crippen molar-refractivity contribution < 1.29 is 9.53 Å². The summed E-state index contributed by atoms with van der Waals surface area (Å²) < 4.78 is 6.23. The lowest BCUT2D eigenvalue weighted by Gasteiger charge is -2.03. The molecular formula is C8H13N3O2. The van der Waals surface area contributed by atoms with Gasteiger partial charge in [-0.1, -0.05) is 0 Å². The van der Waals surface area contributed by atoms with Crippen molar-refractivity contribution in [2.45, 2.75) is 6.54 Å². The molecule has 0 unspecified atom stereocenters. The predicted octanol–water partition coefficient (Wildman–Crippen LogP) is -0.317. The Morgan fingerprint density at radius 3 is 3.08 bits per heavy atom. The second-order valence-electron chi connectivity index (χ2n) is 2.63. The normalized spacial score (nSPS) is 10.0. The molecule has 0 saturated heterocycles. The van der Waals surface area contributed by atoms with E-state index >= 15 is 0 Å². The Bertz CT molecular complexity index is 283. The van der Waals surface area contributed by atoms with Crippen LogP contribution in [-0.2, 0) is 23.1 Å². The summed E-state index contributed by atoms with van der Waals surface area (Å²) in [5.74, 6) is -0.262. The molecule has 1 N–H and O–H groups in total. The van der Waals surface area contributed by atoms with Crippen LogP contribution in [0.3, 0.4) is 0 Å². The fraction of sp³-hybridized carbons (Fsp3) is 0.500. The van der Waals surface area contributed by atoms with Gasteiger partial charge in [-0.25, -0.2) is 0 Å². The van der Waals surface area contributed by atoms with Crippen LogP contribution >= 0.6 is 0 Å². The number of nitrogens with zero attached hydrogens (tertiary/aromatic N) is 2.